The fourth-order valence-electron chi connectivity index (χ4n) is 2.15. The lowest BCUT2D eigenvalue weighted by Gasteiger charge is -2.02. The molecule has 5 heteroatoms. The first-order valence-electron chi connectivity index (χ1n) is 5.78. The topological polar surface area (TPSA) is 34.9 Å². The lowest BCUT2D eigenvalue weighted by molar-refractivity contribution is 0.628. The van der Waals surface area contributed by atoms with Gasteiger partial charge < -0.3 is 4.57 Å². The number of aromatic nitrogens is 2. The maximum atomic E-state index is 13.0. The minimum absolute atomic E-state index is 0.0753. The number of hydrogen-bond acceptors (Lipinski definition) is 3. The highest BCUT2D eigenvalue weighted by molar-refractivity contribution is 7.19. The molecular weight excluding hydrogens is 263 g/mol. The van der Waals surface area contributed by atoms with Gasteiger partial charge in [0, 0.05) is 17.5 Å². The van der Waals surface area contributed by atoms with Gasteiger partial charge in [0.25, 0.3) is 5.56 Å². The van der Waals surface area contributed by atoms with Crippen LogP contribution < -0.4 is 5.56 Å². The van der Waals surface area contributed by atoms with Crippen LogP contribution in [0.3, 0.4) is 0 Å². The third kappa shape index (κ3) is 1.86. The van der Waals surface area contributed by atoms with E-state index in [1.807, 2.05) is 6.92 Å². The molecule has 0 N–H and O–H groups in total. The summed E-state index contributed by atoms with van der Waals surface area (Å²) in [5, 5.41) is 0.610. The van der Waals surface area contributed by atoms with E-state index in [1.165, 1.54) is 34.4 Å². The Balaban J connectivity index is 2.40. The molecule has 0 aliphatic carbocycles. The monoisotopic (exact) mass is 274 g/mol. The third-order valence-corrected chi connectivity index (χ3v) is 4.09. The van der Waals surface area contributed by atoms with E-state index < -0.39 is 0 Å². The fourth-order valence-corrected chi connectivity index (χ4v) is 3.15. The SMILES string of the molecule is Cc1sc2ncn(C)c(=O)c2c1-c1ccc(F)cc1. The number of nitrogens with zero attached hydrogens (tertiary/aromatic N) is 2. The highest BCUT2D eigenvalue weighted by atomic mass is 32.1. The fraction of sp³-hybridized carbons (Fsp3) is 0.143. The number of aryl methyl sites for hydroxylation is 2. The van der Waals surface area contributed by atoms with Crippen LogP contribution in [0.25, 0.3) is 21.3 Å². The molecule has 0 aliphatic heterocycles. The predicted molar refractivity (Wildman–Crippen MR) is 75.0 cm³/mol. The van der Waals surface area contributed by atoms with E-state index in [4.69, 9.17) is 0 Å². The van der Waals surface area contributed by atoms with E-state index in [1.54, 1.807) is 19.2 Å². The first-order valence-corrected chi connectivity index (χ1v) is 6.60. The van der Waals surface area contributed by atoms with Crippen LogP contribution in [0.15, 0.2) is 35.4 Å². The minimum atomic E-state index is -0.285. The highest BCUT2D eigenvalue weighted by Gasteiger charge is 2.15. The maximum absolute atomic E-state index is 13.0. The molecule has 3 aromatic rings. The number of halogens is 1. The summed E-state index contributed by atoms with van der Waals surface area (Å²) >= 11 is 1.48. The lowest BCUT2D eigenvalue weighted by atomic mass is 10.0. The molecule has 2 aromatic heterocycles. The Morgan fingerprint density at radius 3 is 2.63 bits per heavy atom. The summed E-state index contributed by atoms with van der Waals surface area (Å²) in [6, 6.07) is 6.19. The zero-order valence-corrected chi connectivity index (χ0v) is 11.3. The number of fused-ring (bicyclic) bond motifs is 1. The Bertz CT molecular complexity index is 818. The lowest BCUT2D eigenvalue weighted by Crippen LogP contribution is -2.16. The van der Waals surface area contributed by atoms with Crippen LogP contribution in [0.4, 0.5) is 4.39 Å². The molecule has 0 amide bonds. The quantitative estimate of drug-likeness (QED) is 0.683. The summed E-state index contributed by atoms with van der Waals surface area (Å²) in [6.07, 6.45) is 1.52. The van der Waals surface area contributed by atoms with E-state index in [0.29, 0.717) is 5.39 Å². The second-order valence-corrected chi connectivity index (χ2v) is 5.58. The molecule has 0 bridgehead atoms. The summed E-state index contributed by atoms with van der Waals surface area (Å²) in [5.74, 6) is -0.285. The van der Waals surface area contributed by atoms with Crippen LogP contribution in [0.2, 0.25) is 0 Å². The van der Waals surface area contributed by atoms with Gasteiger partial charge in [-0.2, -0.15) is 0 Å². The zero-order valence-electron chi connectivity index (χ0n) is 10.5. The highest BCUT2D eigenvalue weighted by Crippen LogP contribution is 2.35. The van der Waals surface area contributed by atoms with Crippen molar-refractivity contribution in [2.45, 2.75) is 6.92 Å². The summed E-state index contributed by atoms with van der Waals surface area (Å²) in [5.41, 5.74) is 1.62. The molecule has 0 fully saturated rings. The van der Waals surface area contributed by atoms with Gasteiger partial charge in [0.1, 0.15) is 10.6 Å². The average Bonchev–Trinajstić information content (AvgIpc) is 2.72. The summed E-state index contributed by atoms with van der Waals surface area (Å²) in [6.45, 7) is 1.95. The first-order chi connectivity index (χ1) is 9.08. The molecule has 0 atom stereocenters. The van der Waals surface area contributed by atoms with Crippen molar-refractivity contribution >= 4 is 21.6 Å². The van der Waals surface area contributed by atoms with Crippen molar-refractivity contribution in [1.29, 1.82) is 0 Å². The second-order valence-electron chi connectivity index (χ2n) is 4.38. The molecule has 0 spiro atoms. The molecule has 1 aromatic carbocycles. The number of hydrogen-bond donors (Lipinski definition) is 0. The van der Waals surface area contributed by atoms with Crippen LogP contribution in [0.5, 0.6) is 0 Å². The minimum Gasteiger partial charge on any atom is -0.302 e. The third-order valence-electron chi connectivity index (χ3n) is 3.08. The molecular formula is C14H11FN2OS. The van der Waals surface area contributed by atoms with Gasteiger partial charge in [-0.05, 0) is 24.6 Å². The van der Waals surface area contributed by atoms with Crippen molar-refractivity contribution in [2.24, 2.45) is 7.05 Å². The van der Waals surface area contributed by atoms with E-state index in [2.05, 4.69) is 4.98 Å². The average molecular weight is 274 g/mol. The molecule has 19 heavy (non-hydrogen) atoms. The Morgan fingerprint density at radius 2 is 1.95 bits per heavy atom. The van der Waals surface area contributed by atoms with Gasteiger partial charge in [0.2, 0.25) is 0 Å². The van der Waals surface area contributed by atoms with Crippen LogP contribution in [0, 0.1) is 12.7 Å². The zero-order chi connectivity index (χ0) is 13.6. The summed E-state index contributed by atoms with van der Waals surface area (Å²) in [7, 11) is 1.68. The standard InChI is InChI=1S/C14H11FN2OS/c1-8-11(9-3-5-10(15)6-4-9)12-13(19-8)16-7-17(2)14(12)18/h3-7H,1-2H3. The Labute approximate surface area is 113 Å². The Hall–Kier alpha value is -2.01. The van der Waals surface area contributed by atoms with Crippen molar-refractivity contribution in [2.75, 3.05) is 0 Å². The molecule has 96 valence electrons. The summed E-state index contributed by atoms with van der Waals surface area (Å²) in [4.78, 5) is 18.3. The molecule has 0 unspecified atom stereocenters. The summed E-state index contributed by atoms with van der Waals surface area (Å²) < 4.78 is 14.5. The normalized spacial score (nSPS) is 11.1. The molecule has 2 heterocycles. The van der Waals surface area contributed by atoms with Crippen LogP contribution >= 0.6 is 11.3 Å². The predicted octanol–water partition coefficient (Wildman–Crippen LogP) is 3.11. The smallest absolute Gasteiger partial charge is 0.262 e. The number of benzene rings is 1. The molecule has 3 nitrogen and oxygen atoms in total. The van der Waals surface area contributed by atoms with Gasteiger partial charge >= 0.3 is 0 Å². The van der Waals surface area contributed by atoms with Gasteiger partial charge in [-0.25, -0.2) is 9.37 Å². The van der Waals surface area contributed by atoms with E-state index in [9.17, 15) is 9.18 Å². The van der Waals surface area contributed by atoms with Gasteiger partial charge in [-0.3, -0.25) is 4.79 Å². The second kappa shape index (κ2) is 4.28. The van der Waals surface area contributed by atoms with Gasteiger partial charge in [-0.1, -0.05) is 12.1 Å². The van der Waals surface area contributed by atoms with Crippen molar-refractivity contribution in [3.8, 4) is 11.1 Å². The number of rotatable bonds is 1. The van der Waals surface area contributed by atoms with Crippen LogP contribution in [-0.4, -0.2) is 9.55 Å². The Morgan fingerprint density at radius 1 is 1.26 bits per heavy atom. The molecule has 0 radical (unpaired) electrons. The van der Waals surface area contributed by atoms with E-state index >= 15 is 0 Å². The van der Waals surface area contributed by atoms with Crippen LogP contribution in [0.1, 0.15) is 4.88 Å². The van der Waals surface area contributed by atoms with Gasteiger partial charge in [0.15, 0.2) is 0 Å². The molecule has 0 aliphatic rings. The van der Waals surface area contributed by atoms with Crippen molar-refractivity contribution in [3.05, 3.63) is 51.6 Å². The van der Waals surface area contributed by atoms with E-state index in [0.717, 1.165) is 20.8 Å². The molecule has 0 saturated heterocycles. The van der Waals surface area contributed by atoms with Crippen molar-refractivity contribution in [3.63, 3.8) is 0 Å². The molecule has 0 saturated carbocycles. The molecule has 3 rings (SSSR count). The van der Waals surface area contributed by atoms with Crippen molar-refractivity contribution < 1.29 is 4.39 Å². The van der Waals surface area contributed by atoms with E-state index in [-0.39, 0.29) is 11.4 Å². The largest absolute Gasteiger partial charge is 0.302 e. The van der Waals surface area contributed by atoms with Gasteiger partial charge in [-0.15, -0.1) is 11.3 Å². The first kappa shape index (κ1) is 12.0. The van der Waals surface area contributed by atoms with Gasteiger partial charge in [0.05, 0.1) is 11.7 Å². The number of thiophene rings is 1. The maximum Gasteiger partial charge on any atom is 0.262 e. The Kier molecular flexibility index (Phi) is 2.71. The van der Waals surface area contributed by atoms with Crippen LogP contribution in [-0.2, 0) is 7.05 Å². The van der Waals surface area contributed by atoms with Crippen molar-refractivity contribution in [1.82, 2.24) is 9.55 Å².